The van der Waals surface area contributed by atoms with E-state index in [9.17, 15) is 29.2 Å². The number of ether oxygens (including phenoxy) is 1. The molecule has 0 aliphatic carbocycles. The van der Waals surface area contributed by atoms with E-state index in [2.05, 4.69) is 0 Å². The SMILES string of the molecule is Cc1cc2c(cc1Cc1ccc(CC(F)F)cc1)[C@]1(OC2)S[C@H](CO)[C@@H](O)[C@H](O)[C@H]1O. The average molecular weight is 453 g/mol. The Morgan fingerprint density at radius 1 is 1.10 bits per heavy atom. The molecule has 2 aliphatic heterocycles. The molecule has 0 saturated carbocycles. The number of aryl methyl sites for hydroxylation is 1. The minimum Gasteiger partial charge on any atom is -0.395 e. The number of rotatable bonds is 5. The van der Waals surface area contributed by atoms with Crippen LogP contribution in [0.4, 0.5) is 8.78 Å². The zero-order valence-electron chi connectivity index (χ0n) is 17.0. The van der Waals surface area contributed by atoms with E-state index < -0.39 is 34.9 Å². The first-order chi connectivity index (χ1) is 14.7. The summed E-state index contributed by atoms with van der Waals surface area (Å²) in [5, 5.41) is 40.3. The number of hydrogen-bond donors (Lipinski definition) is 4. The first kappa shape index (κ1) is 22.6. The van der Waals surface area contributed by atoms with Crippen molar-refractivity contribution in [2.24, 2.45) is 0 Å². The summed E-state index contributed by atoms with van der Waals surface area (Å²) >= 11 is 1.13. The Kier molecular flexibility index (Phi) is 6.40. The van der Waals surface area contributed by atoms with Crippen molar-refractivity contribution in [3.63, 3.8) is 0 Å². The quantitative estimate of drug-likeness (QED) is 0.557. The summed E-state index contributed by atoms with van der Waals surface area (Å²) < 4.78 is 31.1. The molecular weight excluding hydrogens is 426 g/mol. The molecule has 0 bridgehead atoms. The fourth-order valence-corrected chi connectivity index (χ4v) is 5.93. The number of fused-ring (bicyclic) bond motifs is 2. The van der Waals surface area contributed by atoms with Gasteiger partial charge in [-0.3, -0.25) is 0 Å². The summed E-state index contributed by atoms with van der Waals surface area (Å²) in [4.78, 5) is -1.27. The maximum Gasteiger partial charge on any atom is 0.242 e. The summed E-state index contributed by atoms with van der Waals surface area (Å²) in [6.45, 7) is 1.87. The molecule has 2 aromatic rings. The standard InChI is InChI=1S/C23H26F2O5S/c1-12-6-16-11-30-23(22(29)21(28)20(27)18(10-26)31-23)17(16)9-15(12)7-13-2-4-14(5-3-13)8-19(24)25/h2-6,9,18-22,26-29H,7-8,10-11H2,1H3/t18-,20-,21+,22-,23+/m1/s1. The summed E-state index contributed by atoms with van der Waals surface area (Å²) in [5.74, 6) is 0. The minimum atomic E-state index is -2.38. The lowest BCUT2D eigenvalue weighted by molar-refractivity contribution is -0.147. The van der Waals surface area contributed by atoms with Crippen LogP contribution < -0.4 is 0 Å². The highest BCUT2D eigenvalue weighted by Gasteiger charge is 2.57. The van der Waals surface area contributed by atoms with Gasteiger partial charge in [0.1, 0.15) is 12.2 Å². The maximum absolute atomic E-state index is 12.6. The van der Waals surface area contributed by atoms with E-state index in [0.29, 0.717) is 12.0 Å². The molecule has 0 radical (unpaired) electrons. The number of halogens is 2. The largest absolute Gasteiger partial charge is 0.395 e. The molecule has 1 saturated heterocycles. The van der Waals surface area contributed by atoms with Gasteiger partial charge < -0.3 is 25.2 Å². The predicted molar refractivity (Wildman–Crippen MR) is 113 cm³/mol. The van der Waals surface area contributed by atoms with Gasteiger partial charge in [0, 0.05) is 12.0 Å². The molecular formula is C23H26F2O5S. The first-order valence-electron chi connectivity index (χ1n) is 10.2. The van der Waals surface area contributed by atoms with Gasteiger partial charge in [-0.15, -0.1) is 11.8 Å². The lowest BCUT2D eigenvalue weighted by atomic mass is 9.89. The molecule has 8 heteroatoms. The van der Waals surface area contributed by atoms with Crippen LogP contribution in [-0.2, 0) is 29.1 Å². The molecule has 168 valence electrons. The van der Waals surface area contributed by atoms with Gasteiger partial charge in [0.15, 0.2) is 4.93 Å². The molecule has 0 amide bonds. The lowest BCUT2D eigenvalue weighted by Gasteiger charge is -2.45. The molecule has 4 rings (SSSR count). The third-order valence-corrected chi connectivity index (χ3v) is 7.80. The number of aliphatic hydroxyl groups excluding tert-OH is 4. The van der Waals surface area contributed by atoms with E-state index in [1.54, 1.807) is 12.1 Å². The van der Waals surface area contributed by atoms with Crippen molar-refractivity contribution in [2.75, 3.05) is 6.61 Å². The maximum atomic E-state index is 12.6. The summed E-state index contributed by atoms with van der Waals surface area (Å²) in [5.41, 5.74) is 5.19. The van der Waals surface area contributed by atoms with E-state index in [-0.39, 0.29) is 19.6 Å². The lowest BCUT2D eigenvalue weighted by Crippen LogP contribution is -2.58. The fourth-order valence-electron chi connectivity index (χ4n) is 4.38. The Hall–Kier alpha value is -1.55. The molecule has 31 heavy (non-hydrogen) atoms. The Bertz CT molecular complexity index is 936. The zero-order chi connectivity index (χ0) is 22.3. The zero-order valence-corrected chi connectivity index (χ0v) is 17.9. The summed E-state index contributed by atoms with van der Waals surface area (Å²) in [6.07, 6.45) is -6.15. The normalized spacial score (nSPS) is 30.2. The number of benzene rings is 2. The molecule has 5 atom stereocenters. The number of aliphatic hydroxyl groups is 4. The van der Waals surface area contributed by atoms with Crippen LogP contribution in [0.2, 0.25) is 0 Å². The molecule has 1 spiro atoms. The van der Waals surface area contributed by atoms with Crippen molar-refractivity contribution in [3.8, 4) is 0 Å². The molecule has 0 aromatic heterocycles. The van der Waals surface area contributed by atoms with Crippen LogP contribution in [0, 0.1) is 6.92 Å². The van der Waals surface area contributed by atoms with Crippen molar-refractivity contribution in [2.45, 2.75) is 61.3 Å². The van der Waals surface area contributed by atoms with E-state index in [1.165, 1.54) is 0 Å². The monoisotopic (exact) mass is 452 g/mol. The second kappa shape index (κ2) is 8.77. The Labute approximate surface area is 183 Å². The molecule has 2 heterocycles. The van der Waals surface area contributed by atoms with Gasteiger partial charge in [0.25, 0.3) is 0 Å². The van der Waals surface area contributed by atoms with E-state index in [1.807, 2.05) is 31.2 Å². The van der Waals surface area contributed by atoms with Crippen LogP contribution >= 0.6 is 11.8 Å². The van der Waals surface area contributed by atoms with Gasteiger partial charge in [-0.05, 0) is 41.2 Å². The second-order valence-corrected chi connectivity index (χ2v) is 9.69. The van der Waals surface area contributed by atoms with Crippen LogP contribution in [0.25, 0.3) is 0 Å². The molecule has 0 unspecified atom stereocenters. The number of thioether (sulfide) groups is 1. The smallest absolute Gasteiger partial charge is 0.242 e. The molecule has 5 nitrogen and oxygen atoms in total. The first-order valence-corrected chi connectivity index (χ1v) is 11.1. The Morgan fingerprint density at radius 2 is 1.77 bits per heavy atom. The molecule has 1 fully saturated rings. The van der Waals surface area contributed by atoms with Gasteiger partial charge in [-0.1, -0.05) is 36.4 Å². The predicted octanol–water partition coefficient (Wildman–Crippen LogP) is 2.27. The van der Waals surface area contributed by atoms with E-state index in [4.69, 9.17) is 4.74 Å². The van der Waals surface area contributed by atoms with Gasteiger partial charge >= 0.3 is 0 Å². The molecule has 2 aromatic carbocycles. The van der Waals surface area contributed by atoms with Crippen molar-refractivity contribution in [1.29, 1.82) is 0 Å². The number of alkyl halides is 2. The average Bonchev–Trinajstić information content (AvgIpc) is 3.08. The molecule has 4 N–H and O–H groups in total. The third-order valence-electron chi connectivity index (χ3n) is 6.14. The fraction of sp³-hybridized carbons (Fsp3) is 0.478. The summed E-state index contributed by atoms with van der Waals surface area (Å²) in [7, 11) is 0. The highest BCUT2D eigenvalue weighted by atomic mass is 32.2. The van der Waals surface area contributed by atoms with Crippen LogP contribution in [0.1, 0.15) is 33.4 Å². The van der Waals surface area contributed by atoms with Gasteiger partial charge in [-0.2, -0.15) is 0 Å². The highest BCUT2D eigenvalue weighted by Crippen LogP contribution is 2.54. The van der Waals surface area contributed by atoms with E-state index >= 15 is 0 Å². The van der Waals surface area contributed by atoms with E-state index in [0.717, 1.165) is 39.6 Å². The topological polar surface area (TPSA) is 90.2 Å². The van der Waals surface area contributed by atoms with Crippen molar-refractivity contribution in [3.05, 3.63) is 69.8 Å². The Balaban J connectivity index is 1.65. The van der Waals surface area contributed by atoms with Crippen molar-refractivity contribution < 1.29 is 33.9 Å². The van der Waals surface area contributed by atoms with Crippen molar-refractivity contribution >= 4 is 11.8 Å². The summed E-state index contributed by atoms with van der Waals surface area (Å²) in [6, 6.07) is 11.0. The third kappa shape index (κ3) is 4.13. The van der Waals surface area contributed by atoms with Gasteiger partial charge in [-0.25, -0.2) is 8.78 Å². The Morgan fingerprint density at radius 3 is 2.42 bits per heavy atom. The van der Waals surface area contributed by atoms with Gasteiger partial charge in [0.2, 0.25) is 6.43 Å². The van der Waals surface area contributed by atoms with Crippen molar-refractivity contribution in [1.82, 2.24) is 0 Å². The van der Waals surface area contributed by atoms with Gasteiger partial charge in [0.05, 0.1) is 24.6 Å². The number of hydrogen-bond acceptors (Lipinski definition) is 6. The second-order valence-electron chi connectivity index (χ2n) is 8.25. The minimum absolute atomic E-state index is 0.254. The van der Waals surface area contributed by atoms with Crippen LogP contribution in [0.3, 0.4) is 0 Å². The highest BCUT2D eigenvalue weighted by molar-refractivity contribution is 8.00. The van der Waals surface area contributed by atoms with Crippen LogP contribution in [0.5, 0.6) is 0 Å². The van der Waals surface area contributed by atoms with Crippen LogP contribution in [0.15, 0.2) is 36.4 Å². The molecule has 2 aliphatic rings. The van der Waals surface area contributed by atoms with Crippen LogP contribution in [-0.4, -0.2) is 57.0 Å².